The first-order valence-corrected chi connectivity index (χ1v) is 46.1. The highest BCUT2D eigenvalue weighted by molar-refractivity contribution is 5.47. The van der Waals surface area contributed by atoms with Crippen molar-refractivity contribution in [3.05, 3.63) is 173 Å². The Hall–Kier alpha value is -6.72. The molecule has 0 saturated heterocycles. The normalized spacial score (nSPS) is 12.6. The van der Waals surface area contributed by atoms with Gasteiger partial charge in [0.2, 0.25) is 0 Å². The van der Waals surface area contributed by atoms with Crippen LogP contribution in [0, 0.1) is 125 Å². The Morgan fingerprint density at radius 2 is 0.240 bits per heavy atom. The molecule has 0 aliphatic rings. The molecule has 0 amide bonds. The molecule has 728 valence electrons. The third-order valence-electron chi connectivity index (χ3n) is 20.2. The van der Waals surface area contributed by atoms with E-state index < -0.39 is 24.4 Å². The van der Waals surface area contributed by atoms with E-state index in [1.807, 2.05) is 0 Å². The summed E-state index contributed by atoms with van der Waals surface area (Å²) < 4.78 is 165. The highest BCUT2D eigenvalue weighted by Gasteiger charge is 2.21. The van der Waals surface area contributed by atoms with Crippen LogP contribution in [-0.4, -0.2) is 315 Å². The van der Waals surface area contributed by atoms with Gasteiger partial charge >= 0.3 is 0 Å². The van der Waals surface area contributed by atoms with Gasteiger partial charge in [0, 0.05) is 0 Å². The Morgan fingerprint density at radius 3 is 0.380 bits per heavy atom. The molecule has 0 spiro atoms. The van der Waals surface area contributed by atoms with Crippen LogP contribution in [0.1, 0.15) is 100 Å². The van der Waals surface area contributed by atoms with E-state index in [1.165, 1.54) is 33.4 Å². The first-order valence-electron chi connectivity index (χ1n) is 46.1. The smallest absolute Gasteiger partial charge is 0.125 e. The fraction of sp³-hybridized carbons (Fsp3) is 0.647. The Labute approximate surface area is 771 Å². The van der Waals surface area contributed by atoms with E-state index >= 15 is 0 Å². The van der Waals surface area contributed by atoms with Gasteiger partial charge in [0.25, 0.3) is 0 Å². The second kappa shape index (κ2) is 68.3. The van der Waals surface area contributed by atoms with Crippen LogP contribution in [0.25, 0.3) is 0 Å². The lowest BCUT2D eigenvalue weighted by Crippen LogP contribution is -2.35. The molecule has 0 heterocycles. The summed E-state index contributed by atoms with van der Waals surface area (Å²) in [5.41, 5.74) is 20.4. The monoisotopic (exact) mass is 1820 g/mol. The van der Waals surface area contributed by atoms with Crippen molar-refractivity contribution >= 4 is 0 Å². The Kier molecular flexibility index (Phi) is 58.8. The summed E-state index contributed by atoms with van der Waals surface area (Å²) in [5.74, 6) is 5.35. The van der Waals surface area contributed by atoms with Crippen molar-refractivity contribution in [3.63, 3.8) is 0 Å². The van der Waals surface area contributed by atoms with Gasteiger partial charge in [-0.3, -0.25) is 0 Å². The average Bonchev–Trinajstić information content (AvgIpc) is 0.919. The minimum Gasteiger partial charge on any atom is -0.491 e. The van der Waals surface area contributed by atoms with Gasteiger partial charge in [0.05, 0.1) is 251 Å². The van der Waals surface area contributed by atoms with Crippen LogP contribution >= 0.6 is 0 Å². The van der Waals surface area contributed by atoms with Crippen molar-refractivity contribution in [2.45, 2.75) is 149 Å². The lowest BCUT2D eigenvalue weighted by atomic mass is 10.1. The Morgan fingerprint density at radius 1 is 0.132 bits per heavy atom. The maximum absolute atomic E-state index is 6.52. The number of benzene rings is 6. The topological polar surface area (TPSA) is 249 Å². The van der Waals surface area contributed by atoms with Crippen LogP contribution in [0.3, 0.4) is 0 Å². The van der Waals surface area contributed by atoms with Crippen LogP contribution in [0.4, 0.5) is 0 Å². The molecule has 6 aromatic rings. The molecule has 0 saturated carbocycles. The van der Waals surface area contributed by atoms with E-state index in [-0.39, 0.29) is 92.5 Å². The minimum absolute atomic E-state index is 0.125. The molecule has 0 aromatic heterocycles. The predicted molar refractivity (Wildman–Crippen MR) is 500 cm³/mol. The van der Waals surface area contributed by atoms with E-state index in [0.717, 1.165) is 101 Å². The number of aryl methyl sites for hydroxylation is 18. The third-order valence-corrected chi connectivity index (χ3v) is 20.2. The molecule has 0 aliphatic carbocycles. The van der Waals surface area contributed by atoms with Crippen LogP contribution in [0.15, 0.2) is 72.8 Å². The molecule has 6 aromatic carbocycles. The van der Waals surface area contributed by atoms with Gasteiger partial charge in [-0.2, -0.15) is 0 Å². The molecule has 27 nitrogen and oxygen atoms in total. The maximum Gasteiger partial charge on any atom is 0.125 e. The molecular weight excluding hydrogens is 1660 g/mol. The average molecular weight is 1820 g/mol. The highest BCUT2D eigenvalue weighted by Crippen LogP contribution is 2.30. The molecule has 129 heavy (non-hydrogen) atoms. The van der Waals surface area contributed by atoms with Crippen LogP contribution < -0.4 is 28.4 Å². The molecule has 4 atom stereocenters. The fourth-order valence-electron chi connectivity index (χ4n) is 14.8. The zero-order valence-corrected chi connectivity index (χ0v) is 81.4. The molecule has 4 unspecified atom stereocenters. The van der Waals surface area contributed by atoms with Crippen LogP contribution in [0.5, 0.6) is 34.5 Å². The van der Waals surface area contributed by atoms with Gasteiger partial charge in [-0.1, -0.05) is 106 Å². The maximum atomic E-state index is 6.52. The number of rotatable bonds is 80. The standard InChI is InChI=1S/C102H158O27/c1-75-55-81(7)97(82(8)56-75)124-49-39-109-21-19-103-31-33-115-67-93(120-45-35-105-23-27-111-41-51-126-99-85(11)59-77(3)60-86(99)12)69-117-71-95(122-47-37-107-25-29-113-43-53-128-101-89(15)63-79(5)64-90(101)16)73-119-74-96(123-48-38-108-26-30-114-44-54-129-102-91(17)65-80(6)66-92(102)18)72-118-70-94(121-46-36-106-24-28-112-42-52-127-100-87(13)61-78(4)62-88(100)14)68-116-34-32-104-20-22-110-40-50-125-98-83(9)57-76(2)58-84(98)10/h55-66,93-96H,19-54,67-74H2,1-18H3. The van der Waals surface area contributed by atoms with Gasteiger partial charge in [-0.25, -0.2) is 0 Å². The molecule has 0 bridgehead atoms. The quantitative estimate of drug-likeness (QED) is 0.0322. The first-order chi connectivity index (χ1) is 62.5. The van der Waals surface area contributed by atoms with E-state index in [2.05, 4.69) is 197 Å². The summed E-state index contributed by atoms with van der Waals surface area (Å²) in [5, 5.41) is 0. The highest BCUT2D eigenvalue weighted by atomic mass is 16.6. The number of hydrogen-bond donors (Lipinski definition) is 0. The SMILES string of the molecule is Cc1cc(C)c(OCCOCCOCCOCC(COCC(COCC(COCC(COCCOCCOCCOc2c(C)cc(C)cc2C)OCCOCCOCCOc2c(C)cc(C)cc2C)OCCOCCOCCOc2c(C)cc(C)cc2C)OCCOCCOCCOc2c(C)cc(C)cc2C)OCCOCCOCCOc2c(C)cc(C)cc2C)c(C)c1. The lowest BCUT2D eigenvalue weighted by Gasteiger charge is -2.24. The number of hydrogen-bond acceptors (Lipinski definition) is 27. The molecule has 0 fully saturated rings. The van der Waals surface area contributed by atoms with Gasteiger partial charge < -0.3 is 128 Å². The molecule has 27 heteroatoms. The summed E-state index contributed by atoms with van der Waals surface area (Å²) in [4.78, 5) is 0. The number of ether oxygens (including phenoxy) is 27. The summed E-state index contributed by atoms with van der Waals surface area (Å²) >= 11 is 0. The molecule has 0 radical (unpaired) electrons. The summed E-state index contributed by atoms with van der Waals surface area (Å²) in [7, 11) is 0. The Bertz CT molecular complexity index is 3560. The van der Waals surface area contributed by atoms with Crippen LogP contribution in [0.2, 0.25) is 0 Å². The lowest BCUT2D eigenvalue weighted by molar-refractivity contribution is -0.126. The van der Waals surface area contributed by atoms with Crippen molar-refractivity contribution in [3.8, 4) is 34.5 Å². The van der Waals surface area contributed by atoms with Crippen molar-refractivity contribution < 1.29 is 128 Å². The van der Waals surface area contributed by atoms with Crippen molar-refractivity contribution in [2.24, 2.45) is 0 Å². The fourth-order valence-corrected chi connectivity index (χ4v) is 14.8. The molecule has 0 N–H and O–H groups in total. The predicted octanol–water partition coefficient (Wildman–Crippen LogP) is 14.8. The minimum atomic E-state index is -0.557. The first kappa shape index (κ1) is 111. The summed E-state index contributed by atoms with van der Waals surface area (Å²) in [6, 6.07) is 25.4. The zero-order valence-electron chi connectivity index (χ0n) is 81.4. The van der Waals surface area contributed by atoms with E-state index in [0.29, 0.717) is 198 Å². The van der Waals surface area contributed by atoms with Crippen molar-refractivity contribution in [2.75, 3.05) is 291 Å². The molecular formula is C102H158O27. The van der Waals surface area contributed by atoms with Gasteiger partial charge in [-0.05, 0) is 191 Å². The van der Waals surface area contributed by atoms with Gasteiger partial charge in [0.15, 0.2) is 0 Å². The van der Waals surface area contributed by atoms with E-state index in [9.17, 15) is 0 Å². The zero-order chi connectivity index (χ0) is 92.9. The molecule has 6 rings (SSSR count). The van der Waals surface area contributed by atoms with Crippen molar-refractivity contribution in [1.29, 1.82) is 0 Å². The largest absolute Gasteiger partial charge is 0.491 e. The summed E-state index contributed by atoms with van der Waals surface area (Å²) in [6.07, 6.45) is -2.08. The second-order valence-corrected chi connectivity index (χ2v) is 32.5. The summed E-state index contributed by atoms with van der Waals surface area (Å²) in [6.45, 7) is 51.8. The van der Waals surface area contributed by atoms with Crippen molar-refractivity contribution in [1.82, 2.24) is 0 Å². The third kappa shape index (κ3) is 49.2. The van der Waals surface area contributed by atoms with E-state index in [1.54, 1.807) is 0 Å². The Balaban J connectivity index is 1.06. The second-order valence-electron chi connectivity index (χ2n) is 32.5. The molecule has 0 aliphatic heterocycles. The van der Waals surface area contributed by atoms with Gasteiger partial charge in [0.1, 0.15) is 98.6 Å². The van der Waals surface area contributed by atoms with E-state index in [4.69, 9.17) is 128 Å². The van der Waals surface area contributed by atoms with Gasteiger partial charge in [-0.15, -0.1) is 0 Å². The van der Waals surface area contributed by atoms with Crippen LogP contribution in [-0.2, 0) is 99.5 Å².